The summed E-state index contributed by atoms with van der Waals surface area (Å²) in [5, 5.41) is 3.02. The summed E-state index contributed by atoms with van der Waals surface area (Å²) in [6.07, 6.45) is 0. The molecule has 0 aliphatic rings. The van der Waals surface area contributed by atoms with E-state index in [9.17, 15) is 14.4 Å². The highest BCUT2D eigenvalue weighted by Crippen LogP contribution is 2.25. The van der Waals surface area contributed by atoms with Gasteiger partial charge in [0.25, 0.3) is 11.5 Å². The predicted molar refractivity (Wildman–Crippen MR) is 92.5 cm³/mol. The van der Waals surface area contributed by atoms with Crippen LogP contribution in [0.4, 0.5) is 5.69 Å². The first-order valence-corrected chi connectivity index (χ1v) is 7.58. The van der Waals surface area contributed by atoms with Gasteiger partial charge in [-0.3, -0.25) is 14.6 Å². The van der Waals surface area contributed by atoms with Gasteiger partial charge in [-0.2, -0.15) is 0 Å². The Morgan fingerprint density at radius 2 is 1.96 bits per heavy atom. The highest BCUT2D eigenvalue weighted by Gasteiger charge is 2.16. The third kappa shape index (κ3) is 4.77. The van der Waals surface area contributed by atoms with Gasteiger partial charge in [0.05, 0.1) is 13.2 Å². The molecule has 0 saturated heterocycles. The molecule has 10 heteroatoms. The Hall–Kier alpha value is -2.94. The number of H-pyrrole nitrogens is 2. The van der Waals surface area contributed by atoms with Crippen molar-refractivity contribution >= 4 is 23.2 Å². The van der Waals surface area contributed by atoms with Crippen LogP contribution in [0.15, 0.2) is 27.8 Å². The van der Waals surface area contributed by atoms with Crippen molar-refractivity contribution in [2.45, 2.75) is 13.0 Å². The monoisotopic (exact) mass is 368 g/mol. The molecule has 25 heavy (non-hydrogen) atoms. The largest absolute Gasteiger partial charge is 0.497 e. The summed E-state index contributed by atoms with van der Waals surface area (Å²) in [7, 11) is 1.50. The quantitative estimate of drug-likeness (QED) is 0.585. The molecule has 2 aromatic rings. The maximum absolute atomic E-state index is 12.1. The van der Waals surface area contributed by atoms with E-state index in [0.717, 1.165) is 0 Å². The number of anilines is 1. The minimum absolute atomic E-state index is 0.114. The van der Waals surface area contributed by atoms with E-state index < -0.39 is 23.2 Å². The molecule has 0 saturated carbocycles. The highest BCUT2D eigenvalue weighted by molar-refractivity contribution is 6.30. The fraction of sp³-hybridized carbons (Fsp3) is 0.267. The molecule has 1 heterocycles. The van der Waals surface area contributed by atoms with Crippen LogP contribution in [0.1, 0.15) is 17.4 Å². The number of aromatic amines is 2. The van der Waals surface area contributed by atoms with Crippen LogP contribution in [-0.2, 0) is 0 Å². The highest BCUT2D eigenvalue weighted by atomic mass is 35.5. The van der Waals surface area contributed by atoms with Crippen LogP contribution in [0, 0.1) is 0 Å². The molecule has 1 amide bonds. The van der Waals surface area contributed by atoms with E-state index in [1.807, 2.05) is 4.98 Å². The molecule has 0 fully saturated rings. The van der Waals surface area contributed by atoms with Crippen LogP contribution < -0.4 is 31.8 Å². The summed E-state index contributed by atoms with van der Waals surface area (Å²) in [5.41, 5.74) is 3.19. The molecule has 9 nitrogen and oxygen atoms in total. The molecule has 0 aliphatic carbocycles. The van der Waals surface area contributed by atoms with E-state index in [-0.39, 0.29) is 18.0 Å². The molecule has 1 aromatic heterocycles. The van der Waals surface area contributed by atoms with Crippen LogP contribution in [-0.4, -0.2) is 35.6 Å². The van der Waals surface area contributed by atoms with Crippen LogP contribution in [0.25, 0.3) is 0 Å². The first kappa shape index (κ1) is 18.4. The average molecular weight is 369 g/mol. The summed E-state index contributed by atoms with van der Waals surface area (Å²) in [6.45, 7) is 1.80. The molecule has 0 spiro atoms. The number of nitrogen functional groups attached to an aromatic ring is 1. The lowest BCUT2D eigenvalue weighted by atomic mass is 10.3. The van der Waals surface area contributed by atoms with Crippen molar-refractivity contribution in [3.63, 3.8) is 0 Å². The number of methoxy groups -OCH3 is 1. The number of nitrogens with one attached hydrogen (secondary N) is 3. The first-order chi connectivity index (χ1) is 11.8. The third-order valence-corrected chi connectivity index (χ3v) is 3.38. The van der Waals surface area contributed by atoms with E-state index in [1.54, 1.807) is 25.1 Å². The predicted octanol–water partition coefficient (Wildman–Crippen LogP) is 0.505. The minimum atomic E-state index is -0.830. The number of halogens is 1. The molecule has 0 radical (unpaired) electrons. The lowest BCUT2D eigenvalue weighted by molar-refractivity contribution is 0.0922. The second-order valence-electron chi connectivity index (χ2n) is 5.21. The molecule has 1 aromatic carbocycles. The molecular formula is C15H17ClN4O5. The third-order valence-electron chi connectivity index (χ3n) is 3.16. The fourth-order valence-corrected chi connectivity index (χ4v) is 2.19. The number of carbonyl (C=O) groups is 1. The number of aromatic nitrogens is 2. The molecule has 134 valence electrons. The molecule has 0 aliphatic heterocycles. The van der Waals surface area contributed by atoms with Crippen molar-refractivity contribution in [3.8, 4) is 11.5 Å². The van der Waals surface area contributed by atoms with Gasteiger partial charge < -0.3 is 25.5 Å². The van der Waals surface area contributed by atoms with Crippen molar-refractivity contribution in [2.75, 3.05) is 19.5 Å². The minimum Gasteiger partial charge on any atom is -0.497 e. The number of hydrogen-bond donors (Lipinski definition) is 4. The summed E-state index contributed by atoms with van der Waals surface area (Å²) in [5.74, 6) is 0.308. The Bertz CT molecular complexity index is 892. The Kier molecular flexibility index (Phi) is 5.71. The molecule has 1 atom stereocenters. The van der Waals surface area contributed by atoms with Gasteiger partial charge in [-0.1, -0.05) is 11.6 Å². The second-order valence-corrected chi connectivity index (χ2v) is 5.65. The van der Waals surface area contributed by atoms with Crippen molar-refractivity contribution in [3.05, 3.63) is 49.8 Å². The zero-order chi connectivity index (χ0) is 18.6. The van der Waals surface area contributed by atoms with Crippen molar-refractivity contribution in [2.24, 2.45) is 0 Å². The zero-order valence-electron chi connectivity index (χ0n) is 13.5. The maximum atomic E-state index is 12.1. The normalized spacial score (nSPS) is 11.6. The van der Waals surface area contributed by atoms with Gasteiger partial charge in [0, 0.05) is 11.1 Å². The van der Waals surface area contributed by atoms with Crippen LogP contribution in [0.2, 0.25) is 5.02 Å². The van der Waals surface area contributed by atoms with Crippen LogP contribution >= 0.6 is 11.6 Å². The van der Waals surface area contributed by atoms with E-state index in [1.165, 1.54) is 7.11 Å². The van der Waals surface area contributed by atoms with Gasteiger partial charge in [0.15, 0.2) is 0 Å². The van der Waals surface area contributed by atoms with Gasteiger partial charge in [0.2, 0.25) is 0 Å². The van der Waals surface area contributed by atoms with Crippen LogP contribution in [0.3, 0.4) is 0 Å². The van der Waals surface area contributed by atoms with Gasteiger partial charge in [0.1, 0.15) is 29.5 Å². The Morgan fingerprint density at radius 3 is 2.64 bits per heavy atom. The number of hydrogen-bond acceptors (Lipinski definition) is 6. The summed E-state index contributed by atoms with van der Waals surface area (Å²) in [6, 6.07) is 4.43. The standard InChI is InChI=1S/C15H17ClN4O5/c1-7(6-25-10-4-8(16)3-9(5-10)24-2)18-14(22)12-11(17)13(21)20-15(23)19-12/h3-5,7H,6,17H2,1-2H3,(H,18,22)(H2,19,20,21,23)/t7-/m1/s1. The Balaban J connectivity index is 2.02. The van der Waals surface area contributed by atoms with E-state index in [0.29, 0.717) is 16.5 Å². The van der Waals surface area contributed by atoms with E-state index in [2.05, 4.69) is 10.3 Å². The van der Waals surface area contributed by atoms with Crippen LogP contribution in [0.5, 0.6) is 11.5 Å². The average Bonchev–Trinajstić information content (AvgIpc) is 2.55. The zero-order valence-corrected chi connectivity index (χ0v) is 14.3. The summed E-state index contributed by atoms with van der Waals surface area (Å²) in [4.78, 5) is 38.9. The second kappa shape index (κ2) is 7.75. The molecular weight excluding hydrogens is 352 g/mol. The molecule has 0 bridgehead atoms. The first-order valence-electron chi connectivity index (χ1n) is 7.20. The van der Waals surface area contributed by atoms with Gasteiger partial charge >= 0.3 is 5.69 Å². The molecule has 2 rings (SSSR count). The number of ether oxygens (including phenoxy) is 2. The maximum Gasteiger partial charge on any atom is 0.326 e. The number of rotatable bonds is 6. The summed E-state index contributed by atoms with van der Waals surface area (Å²) >= 11 is 5.95. The summed E-state index contributed by atoms with van der Waals surface area (Å²) < 4.78 is 10.6. The topological polar surface area (TPSA) is 139 Å². The lowest BCUT2D eigenvalue weighted by Gasteiger charge is -2.16. The number of carbonyl (C=O) groups excluding carboxylic acids is 1. The van der Waals surface area contributed by atoms with Gasteiger partial charge in [-0.25, -0.2) is 4.79 Å². The van der Waals surface area contributed by atoms with E-state index in [4.69, 9.17) is 26.8 Å². The van der Waals surface area contributed by atoms with Crippen molar-refractivity contribution in [1.82, 2.24) is 15.3 Å². The Morgan fingerprint density at radius 1 is 1.28 bits per heavy atom. The van der Waals surface area contributed by atoms with Gasteiger partial charge in [-0.05, 0) is 19.1 Å². The number of benzene rings is 1. The van der Waals surface area contributed by atoms with Crippen molar-refractivity contribution in [1.29, 1.82) is 0 Å². The smallest absolute Gasteiger partial charge is 0.326 e. The Labute approximate surface area is 147 Å². The number of amides is 1. The SMILES string of the molecule is COc1cc(Cl)cc(OC[C@@H](C)NC(=O)c2[nH]c(=O)[nH]c(=O)c2N)c1. The van der Waals surface area contributed by atoms with Crippen molar-refractivity contribution < 1.29 is 14.3 Å². The van der Waals surface area contributed by atoms with Gasteiger partial charge in [-0.15, -0.1) is 0 Å². The number of nitrogens with two attached hydrogens (primary N) is 1. The van der Waals surface area contributed by atoms with E-state index >= 15 is 0 Å². The molecule has 5 N–H and O–H groups in total. The molecule has 0 unspecified atom stereocenters. The lowest BCUT2D eigenvalue weighted by Crippen LogP contribution is -2.40. The fourth-order valence-electron chi connectivity index (χ4n) is 1.97.